The first-order valence-corrected chi connectivity index (χ1v) is 16.2. The van der Waals surface area contributed by atoms with E-state index < -0.39 is 0 Å². The Morgan fingerprint density at radius 3 is 2.42 bits per heavy atom. The number of ether oxygens (including phenoxy) is 1. The average Bonchev–Trinajstić information content (AvgIpc) is 3.43. The molecule has 1 aliphatic heterocycles. The van der Waals surface area contributed by atoms with Crippen LogP contribution in [-0.2, 0) is 4.74 Å². The number of nitrogens with two attached hydrogens (primary N) is 1. The molecule has 11 atom stereocenters. The normalized spacial score (nSPS) is 46.1. The third-order valence-electron chi connectivity index (χ3n) is 12.1. The quantitative estimate of drug-likeness (QED) is 0.305. The molecule has 4 saturated carbocycles. The Labute approximate surface area is 224 Å². The highest BCUT2D eigenvalue weighted by molar-refractivity contribution is 5.13. The second kappa shape index (κ2) is 12.3. The summed E-state index contributed by atoms with van der Waals surface area (Å²) in [5.74, 6) is 5.28. The molecule has 4 heteroatoms. The molecule has 0 bridgehead atoms. The van der Waals surface area contributed by atoms with Crippen LogP contribution in [0.3, 0.4) is 0 Å². The van der Waals surface area contributed by atoms with Crippen molar-refractivity contribution in [3.05, 3.63) is 0 Å². The summed E-state index contributed by atoms with van der Waals surface area (Å²) in [4.78, 5) is 0. The van der Waals surface area contributed by atoms with Crippen LogP contribution in [0.25, 0.3) is 0 Å². The van der Waals surface area contributed by atoms with Crippen molar-refractivity contribution in [3.8, 4) is 0 Å². The summed E-state index contributed by atoms with van der Waals surface area (Å²) in [6, 6.07) is 0.750. The SMILES string of the molecule is CC.CC[C@H](C)CN[C@@H]1CC2C(CC3[C@@H]4CCC5CC(NCCCCN)CC[C@]5(C)C4CC[C@]23C)O1. The van der Waals surface area contributed by atoms with E-state index in [-0.39, 0.29) is 0 Å². The molecule has 0 aromatic heterocycles. The van der Waals surface area contributed by atoms with Gasteiger partial charge in [0.1, 0.15) is 6.23 Å². The lowest BCUT2D eigenvalue weighted by Crippen LogP contribution is -2.55. The van der Waals surface area contributed by atoms with Gasteiger partial charge in [-0.15, -0.1) is 0 Å². The number of hydrogen-bond donors (Lipinski definition) is 3. The fraction of sp³-hybridized carbons (Fsp3) is 1.00. The fourth-order valence-corrected chi connectivity index (χ4v) is 9.79. The molecule has 5 rings (SSSR count). The molecule has 4 aliphatic carbocycles. The van der Waals surface area contributed by atoms with Crippen LogP contribution in [-0.4, -0.2) is 38.0 Å². The third-order valence-corrected chi connectivity index (χ3v) is 12.1. The van der Waals surface area contributed by atoms with Crippen LogP contribution in [0.1, 0.15) is 119 Å². The van der Waals surface area contributed by atoms with Gasteiger partial charge in [0.05, 0.1) is 6.10 Å². The van der Waals surface area contributed by atoms with Gasteiger partial charge in [-0.3, -0.25) is 5.32 Å². The van der Waals surface area contributed by atoms with E-state index in [9.17, 15) is 0 Å². The van der Waals surface area contributed by atoms with E-state index in [4.69, 9.17) is 10.5 Å². The second-order valence-corrected chi connectivity index (χ2v) is 13.8. The highest BCUT2D eigenvalue weighted by atomic mass is 16.5. The van der Waals surface area contributed by atoms with Crippen molar-refractivity contribution in [2.45, 2.75) is 137 Å². The summed E-state index contributed by atoms with van der Waals surface area (Å²) in [5.41, 5.74) is 6.79. The molecule has 0 aromatic carbocycles. The summed E-state index contributed by atoms with van der Waals surface area (Å²) in [7, 11) is 0. The van der Waals surface area contributed by atoms with E-state index in [1.54, 1.807) is 0 Å². The molecule has 0 radical (unpaired) electrons. The summed E-state index contributed by atoms with van der Waals surface area (Å²) >= 11 is 0. The van der Waals surface area contributed by atoms with E-state index in [0.29, 0.717) is 23.2 Å². The van der Waals surface area contributed by atoms with E-state index in [2.05, 4.69) is 38.3 Å². The Morgan fingerprint density at radius 1 is 0.889 bits per heavy atom. The standard InChI is InChI=1S/C30H55N3O.C2H6/c1-5-20(2)19-33-28-18-26-27(34-28)17-25-23-9-8-21-16-22(32-15-7-6-14-31)10-12-29(21,3)24(23)11-13-30(25,26)4;1-2/h20-28,32-33H,5-19,31H2,1-4H3;1-2H3/t20-,21?,22?,23+,24?,25?,26?,27?,28-,29-,30-;/m0./s1. The van der Waals surface area contributed by atoms with Gasteiger partial charge in [-0.1, -0.05) is 48.0 Å². The molecule has 0 spiro atoms. The molecule has 1 heterocycles. The van der Waals surface area contributed by atoms with Gasteiger partial charge in [-0.05, 0) is 130 Å². The predicted molar refractivity (Wildman–Crippen MR) is 153 cm³/mol. The van der Waals surface area contributed by atoms with Gasteiger partial charge in [0.15, 0.2) is 0 Å². The van der Waals surface area contributed by atoms with E-state index in [0.717, 1.165) is 67.6 Å². The van der Waals surface area contributed by atoms with Crippen molar-refractivity contribution in [1.29, 1.82) is 0 Å². The van der Waals surface area contributed by atoms with Crippen LogP contribution in [0.2, 0.25) is 0 Å². The van der Waals surface area contributed by atoms with Crippen LogP contribution in [0.5, 0.6) is 0 Å². The zero-order chi connectivity index (χ0) is 25.9. The van der Waals surface area contributed by atoms with Crippen LogP contribution >= 0.6 is 0 Å². The lowest BCUT2D eigenvalue weighted by Gasteiger charge is -2.61. The van der Waals surface area contributed by atoms with Crippen molar-refractivity contribution in [3.63, 3.8) is 0 Å². The molecule has 4 N–H and O–H groups in total. The van der Waals surface area contributed by atoms with Gasteiger partial charge < -0.3 is 15.8 Å². The summed E-state index contributed by atoms with van der Waals surface area (Å²) in [6.07, 6.45) is 17.2. The molecule has 5 fully saturated rings. The fourth-order valence-electron chi connectivity index (χ4n) is 9.79. The second-order valence-electron chi connectivity index (χ2n) is 13.8. The van der Waals surface area contributed by atoms with Crippen molar-refractivity contribution in [2.24, 2.45) is 52.1 Å². The number of hydrogen-bond acceptors (Lipinski definition) is 4. The van der Waals surface area contributed by atoms with Gasteiger partial charge in [-0.25, -0.2) is 0 Å². The Balaban J connectivity index is 0.00000148. The molecule has 0 aromatic rings. The maximum absolute atomic E-state index is 6.69. The first kappa shape index (κ1) is 28.8. The molecule has 5 aliphatic rings. The van der Waals surface area contributed by atoms with E-state index in [1.807, 2.05) is 13.8 Å². The molecule has 6 unspecified atom stereocenters. The Hall–Kier alpha value is -0.160. The number of fused-ring (bicyclic) bond motifs is 7. The van der Waals surface area contributed by atoms with Gasteiger partial charge in [0, 0.05) is 12.6 Å². The van der Waals surface area contributed by atoms with Gasteiger partial charge in [0.25, 0.3) is 0 Å². The van der Waals surface area contributed by atoms with E-state index in [1.165, 1.54) is 70.6 Å². The number of nitrogens with one attached hydrogen (secondary N) is 2. The first-order chi connectivity index (χ1) is 17.4. The molecule has 0 amide bonds. The highest BCUT2D eigenvalue weighted by Crippen LogP contribution is 2.69. The van der Waals surface area contributed by atoms with E-state index >= 15 is 0 Å². The zero-order valence-corrected chi connectivity index (χ0v) is 24.8. The van der Waals surface area contributed by atoms with Crippen LogP contribution in [0.15, 0.2) is 0 Å². The lowest BCUT2D eigenvalue weighted by molar-refractivity contribution is -0.115. The van der Waals surface area contributed by atoms with Crippen molar-refractivity contribution in [2.75, 3.05) is 19.6 Å². The molecular weight excluding hydrogens is 442 g/mol. The topological polar surface area (TPSA) is 59.3 Å². The minimum absolute atomic E-state index is 0.306. The minimum atomic E-state index is 0.306. The van der Waals surface area contributed by atoms with Crippen molar-refractivity contribution < 1.29 is 4.74 Å². The van der Waals surface area contributed by atoms with Crippen LogP contribution in [0.4, 0.5) is 0 Å². The Bertz CT molecular complexity index is 686. The zero-order valence-electron chi connectivity index (χ0n) is 24.8. The predicted octanol–water partition coefficient (Wildman–Crippen LogP) is 6.73. The number of rotatable bonds is 9. The molecular formula is C32H61N3O. The Kier molecular flexibility index (Phi) is 9.89. The average molecular weight is 504 g/mol. The molecule has 4 nitrogen and oxygen atoms in total. The third kappa shape index (κ3) is 5.45. The highest BCUT2D eigenvalue weighted by Gasteiger charge is 2.64. The molecule has 210 valence electrons. The monoisotopic (exact) mass is 503 g/mol. The van der Waals surface area contributed by atoms with Gasteiger partial charge in [-0.2, -0.15) is 0 Å². The van der Waals surface area contributed by atoms with Crippen LogP contribution in [0, 0.1) is 46.3 Å². The summed E-state index contributed by atoms with van der Waals surface area (Å²) < 4.78 is 6.69. The summed E-state index contributed by atoms with van der Waals surface area (Å²) in [6.45, 7) is 17.1. The first-order valence-electron chi connectivity index (χ1n) is 16.2. The molecule has 36 heavy (non-hydrogen) atoms. The lowest BCUT2D eigenvalue weighted by atomic mass is 9.44. The van der Waals surface area contributed by atoms with Gasteiger partial charge in [0.2, 0.25) is 0 Å². The summed E-state index contributed by atoms with van der Waals surface area (Å²) in [5, 5.41) is 7.66. The van der Waals surface area contributed by atoms with Crippen LogP contribution < -0.4 is 16.4 Å². The largest absolute Gasteiger partial charge is 0.360 e. The molecule has 1 saturated heterocycles. The van der Waals surface area contributed by atoms with Crippen molar-refractivity contribution >= 4 is 0 Å². The van der Waals surface area contributed by atoms with Gasteiger partial charge >= 0.3 is 0 Å². The maximum Gasteiger partial charge on any atom is 0.108 e. The smallest absolute Gasteiger partial charge is 0.108 e. The van der Waals surface area contributed by atoms with Crippen molar-refractivity contribution in [1.82, 2.24) is 10.6 Å². The number of unbranched alkanes of at least 4 members (excludes halogenated alkanes) is 1. The minimum Gasteiger partial charge on any atom is -0.360 e. The maximum atomic E-state index is 6.69. The Morgan fingerprint density at radius 2 is 1.67 bits per heavy atom.